The molecule has 26 heavy (non-hydrogen) atoms. The van der Waals surface area contributed by atoms with Gasteiger partial charge in [0.05, 0.1) is 11.3 Å². The second kappa shape index (κ2) is 7.03. The Balaban J connectivity index is 1.86. The van der Waals surface area contributed by atoms with Gasteiger partial charge in [-0.1, -0.05) is 24.3 Å². The van der Waals surface area contributed by atoms with E-state index in [1.165, 1.54) is 24.4 Å². The van der Waals surface area contributed by atoms with E-state index in [0.29, 0.717) is 5.82 Å². The minimum absolute atomic E-state index is 0.0806. The average Bonchev–Trinajstić information content (AvgIpc) is 2.58. The normalized spacial score (nSPS) is 11.3. The summed E-state index contributed by atoms with van der Waals surface area (Å²) in [5, 5.41) is 5.82. The Hall–Kier alpha value is -3.09. The molecule has 2 N–H and O–H groups in total. The summed E-state index contributed by atoms with van der Waals surface area (Å²) in [6.07, 6.45) is -2.98. The standard InChI is InChI=1S/C19H17F3N4/c1-12-7-8-13(2)16(11-12)24-17-9-10-23-18(26-17)25-15-6-4-3-5-14(15)19(20,21)22/h3-11H,1-2H3,(H2,23,24,25,26). The SMILES string of the molecule is Cc1ccc(C)c(Nc2ccnc(Nc3ccccc3C(F)(F)F)n2)c1. The van der Waals surface area contributed by atoms with Crippen molar-refractivity contribution in [3.8, 4) is 0 Å². The molecule has 0 aliphatic heterocycles. The van der Waals surface area contributed by atoms with Crippen LogP contribution in [-0.4, -0.2) is 9.97 Å². The molecule has 0 aliphatic carbocycles. The Morgan fingerprint density at radius 3 is 2.42 bits per heavy atom. The molecule has 0 bridgehead atoms. The molecule has 0 fully saturated rings. The van der Waals surface area contributed by atoms with E-state index in [1.807, 2.05) is 32.0 Å². The van der Waals surface area contributed by atoms with Gasteiger partial charge in [-0.3, -0.25) is 0 Å². The second-order valence-electron chi connectivity index (χ2n) is 5.88. The molecule has 3 rings (SSSR count). The van der Waals surface area contributed by atoms with Crippen LogP contribution in [0.4, 0.5) is 36.3 Å². The largest absolute Gasteiger partial charge is 0.418 e. The quantitative estimate of drug-likeness (QED) is 0.637. The topological polar surface area (TPSA) is 49.8 Å². The van der Waals surface area contributed by atoms with Gasteiger partial charge in [0.2, 0.25) is 5.95 Å². The second-order valence-corrected chi connectivity index (χ2v) is 5.88. The summed E-state index contributed by atoms with van der Waals surface area (Å²) in [7, 11) is 0. The molecule has 7 heteroatoms. The van der Waals surface area contributed by atoms with E-state index in [-0.39, 0.29) is 11.6 Å². The molecule has 0 saturated carbocycles. The Labute approximate surface area is 149 Å². The van der Waals surface area contributed by atoms with Gasteiger partial charge in [-0.05, 0) is 49.2 Å². The van der Waals surface area contributed by atoms with Gasteiger partial charge in [-0.25, -0.2) is 4.98 Å². The minimum Gasteiger partial charge on any atom is -0.340 e. The Bertz CT molecular complexity index is 923. The number of hydrogen-bond donors (Lipinski definition) is 2. The lowest BCUT2D eigenvalue weighted by atomic mass is 10.1. The van der Waals surface area contributed by atoms with Crippen LogP contribution in [0.1, 0.15) is 16.7 Å². The lowest BCUT2D eigenvalue weighted by Crippen LogP contribution is -2.09. The van der Waals surface area contributed by atoms with Gasteiger partial charge in [0.1, 0.15) is 5.82 Å². The van der Waals surface area contributed by atoms with E-state index < -0.39 is 11.7 Å². The van der Waals surface area contributed by atoms with Crippen molar-refractivity contribution in [3.05, 3.63) is 71.4 Å². The molecule has 0 unspecified atom stereocenters. The van der Waals surface area contributed by atoms with Gasteiger partial charge in [0.25, 0.3) is 0 Å². The van der Waals surface area contributed by atoms with Crippen molar-refractivity contribution in [2.75, 3.05) is 10.6 Å². The zero-order valence-electron chi connectivity index (χ0n) is 14.2. The molecular weight excluding hydrogens is 341 g/mol. The number of benzene rings is 2. The third-order valence-corrected chi connectivity index (χ3v) is 3.79. The summed E-state index contributed by atoms with van der Waals surface area (Å²) in [5.74, 6) is 0.567. The summed E-state index contributed by atoms with van der Waals surface area (Å²) in [4.78, 5) is 8.27. The third kappa shape index (κ3) is 4.11. The molecule has 0 saturated heterocycles. The first-order valence-electron chi connectivity index (χ1n) is 7.93. The van der Waals surface area contributed by atoms with Crippen molar-refractivity contribution in [2.24, 2.45) is 0 Å². The van der Waals surface area contributed by atoms with Gasteiger partial charge < -0.3 is 10.6 Å². The van der Waals surface area contributed by atoms with Crippen LogP contribution < -0.4 is 10.6 Å². The van der Waals surface area contributed by atoms with E-state index in [9.17, 15) is 13.2 Å². The summed E-state index contributed by atoms with van der Waals surface area (Å²) in [5.41, 5.74) is 2.14. The highest BCUT2D eigenvalue weighted by molar-refractivity contribution is 5.64. The van der Waals surface area contributed by atoms with Crippen LogP contribution >= 0.6 is 0 Å². The molecule has 1 heterocycles. The van der Waals surface area contributed by atoms with Crippen molar-refractivity contribution in [1.82, 2.24) is 9.97 Å². The van der Waals surface area contributed by atoms with E-state index >= 15 is 0 Å². The lowest BCUT2D eigenvalue weighted by molar-refractivity contribution is -0.136. The van der Waals surface area contributed by atoms with Gasteiger partial charge in [0, 0.05) is 11.9 Å². The molecule has 0 spiro atoms. The molecule has 1 aromatic heterocycles. The minimum atomic E-state index is -4.46. The van der Waals surface area contributed by atoms with E-state index in [2.05, 4.69) is 20.6 Å². The molecule has 4 nitrogen and oxygen atoms in total. The zero-order valence-corrected chi connectivity index (χ0v) is 14.2. The van der Waals surface area contributed by atoms with Crippen LogP contribution in [0, 0.1) is 13.8 Å². The fourth-order valence-electron chi connectivity index (χ4n) is 2.46. The van der Waals surface area contributed by atoms with Crippen LogP contribution in [0.25, 0.3) is 0 Å². The van der Waals surface area contributed by atoms with Crippen LogP contribution in [0.3, 0.4) is 0 Å². The Kier molecular flexibility index (Phi) is 4.79. The van der Waals surface area contributed by atoms with Gasteiger partial charge >= 0.3 is 6.18 Å². The molecule has 2 aromatic carbocycles. The molecule has 3 aromatic rings. The zero-order chi connectivity index (χ0) is 18.7. The van der Waals surface area contributed by atoms with E-state index in [4.69, 9.17) is 0 Å². The average molecular weight is 358 g/mol. The first-order chi connectivity index (χ1) is 12.3. The molecule has 0 radical (unpaired) electrons. The van der Waals surface area contributed by atoms with Crippen LogP contribution in [0.2, 0.25) is 0 Å². The number of nitrogens with zero attached hydrogens (tertiary/aromatic N) is 2. The predicted octanol–water partition coefficient (Wildman–Crippen LogP) is 5.60. The first kappa shape index (κ1) is 17.7. The fourth-order valence-corrected chi connectivity index (χ4v) is 2.46. The first-order valence-corrected chi connectivity index (χ1v) is 7.93. The molecule has 0 amide bonds. The maximum atomic E-state index is 13.1. The van der Waals surface area contributed by atoms with Crippen LogP contribution in [0.15, 0.2) is 54.7 Å². The maximum Gasteiger partial charge on any atom is 0.418 e. The summed E-state index contributed by atoms with van der Waals surface area (Å²) < 4.78 is 39.3. The summed E-state index contributed by atoms with van der Waals surface area (Å²) >= 11 is 0. The Morgan fingerprint density at radius 1 is 0.885 bits per heavy atom. The number of rotatable bonds is 4. The summed E-state index contributed by atoms with van der Waals surface area (Å²) in [6.45, 7) is 3.94. The Morgan fingerprint density at radius 2 is 1.65 bits per heavy atom. The highest BCUT2D eigenvalue weighted by Gasteiger charge is 2.33. The number of anilines is 4. The molecule has 0 aliphatic rings. The number of nitrogens with one attached hydrogen (secondary N) is 2. The molecule has 0 atom stereocenters. The summed E-state index contributed by atoms with van der Waals surface area (Å²) in [6, 6.07) is 12.8. The number of para-hydroxylation sites is 1. The highest BCUT2D eigenvalue weighted by Crippen LogP contribution is 2.35. The predicted molar refractivity (Wildman–Crippen MR) is 96.0 cm³/mol. The van der Waals surface area contributed by atoms with Crippen LogP contribution in [-0.2, 0) is 6.18 Å². The number of aryl methyl sites for hydroxylation is 2. The van der Waals surface area contributed by atoms with E-state index in [0.717, 1.165) is 22.9 Å². The smallest absolute Gasteiger partial charge is 0.340 e. The third-order valence-electron chi connectivity index (χ3n) is 3.79. The van der Waals surface area contributed by atoms with Gasteiger partial charge in [0.15, 0.2) is 0 Å². The van der Waals surface area contributed by atoms with Gasteiger partial charge in [-0.15, -0.1) is 0 Å². The van der Waals surface area contributed by atoms with Gasteiger partial charge in [-0.2, -0.15) is 18.2 Å². The van der Waals surface area contributed by atoms with Crippen molar-refractivity contribution in [1.29, 1.82) is 0 Å². The lowest BCUT2D eigenvalue weighted by Gasteiger charge is -2.14. The highest BCUT2D eigenvalue weighted by atomic mass is 19.4. The van der Waals surface area contributed by atoms with Crippen molar-refractivity contribution in [2.45, 2.75) is 20.0 Å². The number of halogens is 3. The fraction of sp³-hybridized carbons (Fsp3) is 0.158. The number of alkyl halides is 3. The maximum absolute atomic E-state index is 13.1. The van der Waals surface area contributed by atoms with Crippen molar-refractivity contribution >= 4 is 23.1 Å². The number of aromatic nitrogens is 2. The molecule has 134 valence electrons. The number of hydrogen-bond acceptors (Lipinski definition) is 4. The van der Waals surface area contributed by atoms with Crippen LogP contribution in [0.5, 0.6) is 0 Å². The van der Waals surface area contributed by atoms with Crippen molar-refractivity contribution in [3.63, 3.8) is 0 Å². The van der Waals surface area contributed by atoms with Crippen molar-refractivity contribution < 1.29 is 13.2 Å². The molecular formula is C19H17F3N4. The van der Waals surface area contributed by atoms with E-state index in [1.54, 1.807) is 6.07 Å². The monoisotopic (exact) mass is 358 g/mol.